The number of rotatable bonds is 5. The van der Waals surface area contributed by atoms with Crippen LogP contribution < -0.4 is 14.8 Å². The average Bonchev–Trinajstić information content (AvgIpc) is 3.13. The Morgan fingerprint density at radius 1 is 1.16 bits per heavy atom. The summed E-state index contributed by atoms with van der Waals surface area (Å²) in [6.45, 7) is 0.603. The number of nitrogens with one attached hydrogen (secondary N) is 1. The minimum atomic E-state index is 0.603. The van der Waals surface area contributed by atoms with Crippen LogP contribution in [0.3, 0.4) is 0 Å². The minimum absolute atomic E-state index is 0.603. The molecule has 0 unspecified atom stereocenters. The summed E-state index contributed by atoms with van der Waals surface area (Å²) in [4.78, 5) is 8.92. The van der Waals surface area contributed by atoms with Gasteiger partial charge >= 0.3 is 0 Å². The number of benzene rings is 1. The summed E-state index contributed by atoms with van der Waals surface area (Å²) in [7, 11) is 3.34. The third-order valence-corrected chi connectivity index (χ3v) is 4.63. The molecule has 0 spiro atoms. The van der Waals surface area contributed by atoms with Gasteiger partial charge in [-0.3, -0.25) is 0 Å². The molecule has 2 aromatic heterocycles. The predicted octanol–water partition coefficient (Wildman–Crippen LogP) is 2.63. The van der Waals surface area contributed by atoms with Gasteiger partial charge in [0.1, 0.15) is 23.6 Å². The van der Waals surface area contributed by atoms with E-state index in [1.165, 1.54) is 18.4 Å². The maximum Gasteiger partial charge on any atom is 0.254 e. The van der Waals surface area contributed by atoms with Crippen LogP contribution >= 0.6 is 0 Å². The second kappa shape index (κ2) is 6.58. The molecule has 0 radical (unpaired) electrons. The van der Waals surface area contributed by atoms with E-state index in [2.05, 4.69) is 20.4 Å². The fraction of sp³-hybridized carbons (Fsp3) is 0.389. The Kier molecular flexibility index (Phi) is 4.13. The smallest absolute Gasteiger partial charge is 0.254 e. The van der Waals surface area contributed by atoms with E-state index in [0.29, 0.717) is 12.3 Å². The molecular weight excluding hydrogens is 318 g/mol. The molecule has 4 rings (SSSR count). The molecule has 0 amide bonds. The van der Waals surface area contributed by atoms with Gasteiger partial charge in [0.2, 0.25) is 0 Å². The Balaban J connectivity index is 1.71. The summed E-state index contributed by atoms with van der Waals surface area (Å²) in [5.41, 5.74) is 3.40. The number of ether oxygens (including phenoxy) is 2. The van der Waals surface area contributed by atoms with E-state index < -0.39 is 0 Å². The number of aryl methyl sites for hydroxylation is 1. The Hall–Kier alpha value is -2.83. The third-order valence-electron chi connectivity index (χ3n) is 4.63. The summed E-state index contributed by atoms with van der Waals surface area (Å²) in [5.74, 6) is 3.24. The lowest BCUT2D eigenvalue weighted by Crippen LogP contribution is -2.15. The number of aromatic nitrogens is 4. The molecule has 1 aliphatic carbocycles. The maximum atomic E-state index is 5.48. The fourth-order valence-corrected chi connectivity index (χ4v) is 3.37. The Labute approximate surface area is 146 Å². The Morgan fingerprint density at radius 2 is 2.04 bits per heavy atom. The molecule has 0 fully saturated rings. The van der Waals surface area contributed by atoms with Crippen LogP contribution in [-0.2, 0) is 19.4 Å². The topological polar surface area (TPSA) is 73.6 Å². The van der Waals surface area contributed by atoms with Crippen molar-refractivity contribution < 1.29 is 9.47 Å². The summed E-state index contributed by atoms with van der Waals surface area (Å²) in [5, 5.41) is 7.87. The van der Waals surface area contributed by atoms with Crippen molar-refractivity contribution in [2.75, 3.05) is 19.5 Å². The van der Waals surface area contributed by atoms with Gasteiger partial charge in [-0.1, -0.05) is 0 Å². The van der Waals surface area contributed by atoms with Crippen LogP contribution in [0.25, 0.3) is 5.78 Å². The predicted molar refractivity (Wildman–Crippen MR) is 94.3 cm³/mol. The molecule has 1 aliphatic rings. The van der Waals surface area contributed by atoms with Gasteiger partial charge in [0, 0.05) is 17.7 Å². The number of fused-ring (bicyclic) bond motifs is 2. The minimum Gasteiger partial charge on any atom is -0.497 e. The van der Waals surface area contributed by atoms with Crippen molar-refractivity contribution in [2.45, 2.75) is 32.2 Å². The van der Waals surface area contributed by atoms with Crippen LogP contribution in [-0.4, -0.2) is 33.8 Å². The first-order valence-electron chi connectivity index (χ1n) is 8.46. The highest BCUT2D eigenvalue weighted by Crippen LogP contribution is 2.29. The number of anilines is 1. The number of hydrogen-bond donors (Lipinski definition) is 1. The van der Waals surface area contributed by atoms with Gasteiger partial charge < -0.3 is 14.8 Å². The Bertz CT molecular complexity index is 906. The quantitative estimate of drug-likeness (QED) is 0.770. The molecule has 1 aromatic carbocycles. The van der Waals surface area contributed by atoms with Gasteiger partial charge in [0.15, 0.2) is 0 Å². The third kappa shape index (κ3) is 2.86. The number of hydrogen-bond acceptors (Lipinski definition) is 6. The van der Waals surface area contributed by atoms with Gasteiger partial charge in [-0.15, -0.1) is 0 Å². The molecule has 3 aromatic rings. The van der Waals surface area contributed by atoms with Crippen molar-refractivity contribution in [3.05, 3.63) is 41.3 Å². The molecule has 0 atom stereocenters. The molecule has 130 valence electrons. The van der Waals surface area contributed by atoms with Gasteiger partial charge in [-0.05, 0) is 43.9 Å². The largest absolute Gasteiger partial charge is 0.497 e. The molecule has 0 aliphatic heterocycles. The fourth-order valence-electron chi connectivity index (χ4n) is 3.37. The zero-order valence-electron chi connectivity index (χ0n) is 14.5. The zero-order chi connectivity index (χ0) is 17.2. The van der Waals surface area contributed by atoms with E-state index in [1.54, 1.807) is 25.1 Å². The van der Waals surface area contributed by atoms with Crippen molar-refractivity contribution >= 4 is 11.6 Å². The van der Waals surface area contributed by atoms with Crippen LogP contribution in [0.5, 0.6) is 11.5 Å². The lowest BCUT2D eigenvalue weighted by molar-refractivity contribution is 0.399. The van der Waals surface area contributed by atoms with Crippen LogP contribution in [0.1, 0.15) is 29.7 Å². The molecule has 7 nitrogen and oxygen atoms in total. The van der Waals surface area contributed by atoms with Crippen molar-refractivity contribution in [1.82, 2.24) is 19.6 Å². The summed E-state index contributed by atoms with van der Waals surface area (Å²) < 4.78 is 12.6. The second-order valence-electron chi connectivity index (χ2n) is 6.10. The van der Waals surface area contributed by atoms with E-state index in [-0.39, 0.29) is 0 Å². The van der Waals surface area contributed by atoms with Crippen molar-refractivity contribution in [2.24, 2.45) is 0 Å². The summed E-state index contributed by atoms with van der Waals surface area (Å²) >= 11 is 0. The lowest BCUT2D eigenvalue weighted by atomic mass is 9.96. The molecule has 25 heavy (non-hydrogen) atoms. The van der Waals surface area contributed by atoms with Gasteiger partial charge in [-0.25, -0.2) is 4.98 Å². The van der Waals surface area contributed by atoms with Crippen molar-refractivity contribution in [3.8, 4) is 11.5 Å². The SMILES string of the molecule is COc1ccc(OC)c(CNc2c3c(nc4ncnn24)CCCC3)c1. The van der Waals surface area contributed by atoms with E-state index in [9.17, 15) is 0 Å². The van der Waals surface area contributed by atoms with E-state index >= 15 is 0 Å². The first-order valence-corrected chi connectivity index (χ1v) is 8.46. The lowest BCUT2D eigenvalue weighted by Gasteiger charge is -2.20. The average molecular weight is 339 g/mol. The van der Waals surface area contributed by atoms with Crippen LogP contribution in [0.4, 0.5) is 5.82 Å². The molecular formula is C18H21N5O2. The first-order chi connectivity index (χ1) is 12.3. The standard InChI is InChI=1S/C18H21N5O2/c1-24-13-7-8-16(25-2)12(9-13)10-19-17-14-5-3-4-6-15(14)22-18-20-11-21-23(17)18/h7-9,11,19H,3-6,10H2,1-2H3. The van der Waals surface area contributed by atoms with Crippen LogP contribution in [0, 0.1) is 0 Å². The van der Waals surface area contributed by atoms with Crippen molar-refractivity contribution in [3.63, 3.8) is 0 Å². The summed E-state index contributed by atoms with van der Waals surface area (Å²) in [6, 6.07) is 5.80. The normalized spacial score (nSPS) is 13.5. The van der Waals surface area contributed by atoms with Crippen molar-refractivity contribution in [1.29, 1.82) is 0 Å². The first kappa shape index (κ1) is 15.7. The molecule has 1 N–H and O–H groups in total. The highest BCUT2D eigenvalue weighted by Gasteiger charge is 2.19. The number of nitrogens with zero attached hydrogens (tertiary/aromatic N) is 4. The van der Waals surface area contributed by atoms with E-state index in [4.69, 9.17) is 9.47 Å². The maximum absolute atomic E-state index is 5.48. The van der Waals surface area contributed by atoms with Crippen LogP contribution in [0.15, 0.2) is 24.5 Å². The van der Waals surface area contributed by atoms with Gasteiger partial charge in [0.25, 0.3) is 5.78 Å². The Morgan fingerprint density at radius 3 is 2.88 bits per heavy atom. The second-order valence-corrected chi connectivity index (χ2v) is 6.10. The highest BCUT2D eigenvalue weighted by atomic mass is 16.5. The van der Waals surface area contributed by atoms with E-state index in [0.717, 1.165) is 41.4 Å². The molecule has 0 saturated carbocycles. The highest BCUT2D eigenvalue weighted by molar-refractivity contribution is 5.54. The molecule has 0 bridgehead atoms. The molecule has 0 saturated heterocycles. The van der Waals surface area contributed by atoms with Crippen LogP contribution in [0.2, 0.25) is 0 Å². The summed E-state index contributed by atoms with van der Waals surface area (Å²) in [6.07, 6.45) is 5.90. The number of methoxy groups -OCH3 is 2. The van der Waals surface area contributed by atoms with E-state index in [1.807, 2.05) is 18.2 Å². The molecule has 2 heterocycles. The van der Waals surface area contributed by atoms with Gasteiger partial charge in [-0.2, -0.15) is 14.6 Å². The monoisotopic (exact) mass is 339 g/mol. The molecule has 7 heteroatoms. The van der Waals surface area contributed by atoms with Gasteiger partial charge in [0.05, 0.1) is 19.9 Å². The zero-order valence-corrected chi connectivity index (χ0v) is 14.5.